The molecule has 3 aromatic rings. The molecule has 0 amide bonds. The number of hydrogen-bond acceptors (Lipinski definition) is 4. The van der Waals surface area contributed by atoms with E-state index in [2.05, 4.69) is 113 Å². The van der Waals surface area contributed by atoms with Gasteiger partial charge in [0.25, 0.3) is 0 Å². The molecule has 8 rings (SSSR count). The lowest BCUT2D eigenvalue weighted by Gasteiger charge is -2.39. The molecule has 5 atom stereocenters. The monoisotopic (exact) mass is 512 g/mol. The van der Waals surface area contributed by atoms with Crippen molar-refractivity contribution in [3.8, 4) is 0 Å². The molecule has 2 aromatic carbocycles. The topological polar surface area (TPSA) is 31.4 Å². The van der Waals surface area contributed by atoms with Crippen molar-refractivity contribution < 1.29 is 0 Å². The molecule has 0 bridgehead atoms. The summed E-state index contributed by atoms with van der Waals surface area (Å²) in [6.07, 6.45) is 18.3. The number of nitrogens with zero attached hydrogens (tertiary/aromatic N) is 3. The van der Waals surface area contributed by atoms with E-state index in [1.54, 1.807) is 0 Å². The summed E-state index contributed by atoms with van der Waals surface area (Å²) in [6.45, 7) is 3.54. The number of fused-ring (bicyclic) bond motifs is 6. The van der Waals surface area contributed by atoms with Crippen LogP contribution in [0.3, 0.4) is 0 Å². The highest BCUT2D eigenvalue weighted by Gasteiger charge is 2.44. The van der Waals surface area contributed by atoms with Crippen LogP contribution in [0.15, 0.2) is 102 Å². The van der Waals surface area contributed by atoms with Gasteiger partial charge in [0.2, 0.25) is 0 Å². The maximum atomic E-state index is 5.22. The first-order valence-corrected chi connectivity index (χ1v) is 14.8. The number of pyridine rings is 1. The largest absolute Gasteiger partial charge is 0.376 e. The number of aromatic nitrogens is 1. The van der Waals surface area contributed by atoms with Gasteiger partial charge in [-0.05, 0) is 73.9 Å². The normalized spacial score (nSPS) is 29.3. The first-order chi connectivity index (χ1) is 19.3. The first-order valence-electron chi connectivity index (χ1n) is 14.8. The van der Waals surface area contributed by atoms with Crippen LogP contribution in [0.2, 0.25) is 0 Å². The van der Waals surface area contributed by atoms with E-state index in [4.69, 9.17) is 4.98 Å². The molecule has 0 saturated carbocycles. The molecule has 0 spiro atoms. The number of hydrogen-bond donors (Lipinski definition) is 1. The fraction of sp³-hybridized carbons (Fsp3) is 0.343. The molecular weight excluding hydrogens is 476 g/mol. The number of para-hydroxylation sites is 2. The second-order valence-corrected chi connectivity index (χ2v) is 11.9. The van der Waals surface area contributed by atoms with Gasteiger partial charge < -0.3 is 15.1 Å². The van der Waals surface area contributed by atoms with Crippen molar-refractivity contribution in [1.82, 2.24) is 15.2 Å². The summed E-state index contributed by atoms with van der Waals surface area (Å²) >= 11 is 0. The van der Waals surface area contributed by atoms with Gasteiger partial charge in [-0.25, -0.2) is 4.98 Å². The Morgan fingerprint density at radius 3 is 2.69 bits per heavy atom. The fourth-order valence-electron chi connectivity index (χ4n) is 7.70. The Morgan fingerprint density at radius 1 is 0.897 bits per heavy atom. The van der Waals surface area contributed by atoms with Gasteiger partial charge in [-0.1, -0.05) is 67.6 Å². The average molecular weight is 513 g/mol. The zero-order chi connectivity index (χ0) is 25.9. The third-order valence-electron chi connectivity index (χ3n) is 9.57. The minimum absolute atomic E-state index is 0.301. The number of benzene rings is 2. The van der Waals surface area contributed by atoms with E-state index >= 15 is 0 Å². The zero-order valence-electron chi connectivity index (χ0n) is 22.6. The van der Waals surface area contributed by atoms with Crippen LogP contribution < -0.4 is 10.2 Å². The molecule has 4 nitrogen and oxygen atoms in total. The molecule has 1 N–H and O–H groups in total. The van der Waals surface area contributed by atoms with Crippen molar-refractivity contribution in [2.45, 2.75) is 57.2 Å². The van der Waals surface area contributed by atoms with Gasteiger partial charge in [0.05, 0.1) is 17.2 Å². The quantitative estimate of drug-likeness (QED) is 0.364. The molecule has 5 aliphatic rings. The van der Waals surface area contributed by atoms with Crippen LogP contribution in [-0.2, 0) is 0 Å². The van der Waals surface area contributed by atoms with Gasteiger partial charge in [0.1, 0.15) is 5.82 Å². The van der Waals surface area contributed by atoms with E-state index < -0.39 is 0 Å². The van der Waals surface area contributed by atoms with E-state index in [1.165, 1.54) is 52.9 Å². The predicted octanol–water partition coefficient (Wildman–Crippen LogP) is 7.35. The summed E-state index contributed by atoms with van der Waals surface area (Å²) in [4.78, 5) is 10.5. The van der Waals surface area contributed by atoms with Crippen LogP contribution in [0.5, 0.6) is 0 Å². The molecule has 5 unspecified atom stereocenters. The van der Waals surface area contributed by atoms with E-state index in [-0.39, 0.29) is 0 Å². The molecule has 4 heteroatoms. The van der Waals surface area contributed by atoms with Gasteiger partial charge in [-0.3, -0.25) is 0 Å². The Bertz CT molecular complexity index is 1560. The molecule has 1 saturated heterocycles. The van der Waals surface area contributed by atoms with Crippen LogP contribution in [0.25, 0.3) is 16.6 Å². The smallest absolute Gasteiger partial charge is 0.133 e. The van der Waals surface area contributed by atoms with Crippen LogP contribution in [-0.4, -0.2) is 34.6 Å². The van der Waals surface area contributed by atoms with Crippen molar-refractivity contribution in [2.24, 2.45) is 11.8 Å². The average Bonchev–Trinajstić information content (AvgIpc) is 3.26. The third-order valence-corrected chi connectivity index (χ3v) is 9.57. The fourth-order valence-corrected chi connectivity index (χ4v) is 7.70. The third kappa shape index (κ3) is 3.68. The lowest BCUT2D eigenvalue weighted by molar-refractivity contribution is 0.292. The van der Waals surface area contributed by atoms with Crippen LogP contribution in [0.4, 0.5) is 11.5 Å². The van der Waals surface area contributed by atoms with E-state index in [9.17, 15) is 0 Å². The highest BCUT2D eigenvalue weighted by atomic mass is 15.3. The molecule has 196 valence electrons. The SMILES string of the molecule is CC1CN(C2C=CCCC2)C2=CC3=C(NC21)c1ccccc1N(c1ccc2ccccc2n1)C1CCC=CC31. The summed E-state index contributed by atoms with van der Waals surface area (Å²) in [5, 5.41) is 5.32. The van der Waals surface area contributed by atoms with Crippen LogP contribution in [0.1, 0.15) is 44.6 Å². The van der Waals surface area contributed by atoms with Gasteiger partial charge in [0.15, 0.2) is 0 Å². The maximum absolute atomic E-state index is 5.22. The molecule has 1 fully saturated rings. The summed E-state index contributed by atoms with van der Waals surface area (Å²) < 4.78 is 0. The number of rotatable bonds is 2. The van der Waals surface area contributed by atoms with Gasteiger partial charge >= 0.3 is 0 Å². The number of allylic oxidation sites excluding steroid dienone is 3. The Hall–Kier alpha value is -3.79. The number of nitrogens with one attached hydrogen (secondary N) is 1. The minimum atomic E-state index is 0.301. The molecule has 4 heterocycles. The van der Waals surface area contributed by atoms with E-state index in [1.807, 2.05) is 0 Å². The lowest BCUT2D eigenvalue weighted by atomic mass is 9.80. The van der Waals surface area contributed by atoms with E-state index in [0.29, 0.717) is 30.0 Å². The molecule has 39 heavy (non-hydrogen) atoms. The van der Waals surface area contributed by atoms with Crippen molar-refractivity contribution in [2.75, 3.05) is 11.4 Å². The lowest BCUT2D eigenvalue weighted by Crippen LogP contribution is -2.41. The Morgan fingerprint density at radius 2 is 1.77 bits per heavy atom. The molecule has 0 radical (unpaired) electrons. The van der Waals surface area contributed by atoms with Crippen LogP contribution in [0, 0.1) is 11.8 Å². The van der Waals surface area contributed by atoms with Crippen molar-refractivity contribution in [3.05, 3.63) is 108 Å². The van der Waals surface area contributed by atoms with Gasteiger partial charge in [-0.15, -0.1) is 0 Å². The molecule has 2 aliphatic carbocycles. The molecule has 1 aromatic heterocycles. The Kier molecular flexibility index (Phi) is 5.43. The summed E-state index contributed by atoms with van der Waals surface area (Å²) in [7, 11) is 0. The second kappa shape index (κ2) is 9.15. The number of dihydropyridines is 1. The molecular formula is C35H36N4. The summed E-state index contributed by atoms with van der Waals surface area (Å²) in [5.74, 6) is 1.91. The van der Waals surface area contributed by atoms with E-state index in [0.717, 1.165) is 30.7 Å². The summed E-state index contributed by atoms with van der Waals surface area (Å²) in [6, 6.07) is 23.1. The van der Waals surface area contributed by atoms with Gasteiger partial charge in [0, 0.05) is 46.9 Å². The first kappa shape index (κ1) is 23.1. The second-order valence-electron chi connectivity index (χ2n) is 11.9. The Balaban J connectivity index is 1.30. The standard InChI is InChI=1S/C35H36N4/c1-23-22-38(25-12-3-2-4-13-25)32-21-28-26-14-6-9-17-30(26)39(33-20-19-24-11-5-8-16-29(24)36-33)31-18-10-7-15-27(31)35(28)37-34(23)32/h3,5-8,10-12,14-16,18-21,23,25-26,30,34,37H,2,4,9,13,17,22H2,1H3. The zero-order valence-corrected chi connectivity index (χ0v) is 22.6. The van der Waals surface area contributed by atoms with Crippen molar-refractivity contribution in [3.63, 3.8) is 0 Å². The van der Waals surface area contributed by atoms with Crippen molar-refractivity contribution in [1.29, 1.82) is 0 Å². The predicted molar refractivity (Wildman–Crippen MR) is 161 cm³/mol. The van der Waals surface area contributed by atoms with Gasteiger partial charge in [-0.2, -0.15) is 0 Å². The maximum Gasteiger partial charge on any atom is 0.133 e. The molecule has 3 aliphatic heterocycles. The van der Waals surface area contributed by atoms with Crippen molar-refractivity contribution >= 4 is 28.1 Å². The number of anilines is 2. The minimum Gasteiger partial charge on any atom is -0.376 e. The Labute approximate surface area is 231 Å². The highest BCUT2D eigenvalue weighted by molar-refractivity contribution is 5.87. The number of likely N-dealkylation sites (tertiary alicyclic amines) is 1. The summed E-state index contributed by atoms with van der Waals surface area (Å²) in [5.41, 5.74) is 7.86. The van der Waals surface area contributed by atoms with Crippen LogP contribution >= 0.6 is 0 Å². The highest BCUT2D eigenvalue weighted by Crippen LogP contribution is 2.48.